The number of hydrogen-bond acceptors (Lipinski definition) is 3. The van der Waals surface area contributed by atoms with Gasteiger partial charge in [-0.3, -0.25) is 0 Å². The minimum Gasteiger partial charge on any atom is -0.493 e. The molecule has 1 unspecified atom stereocenters. The number of fused-ring (bicyclic) bond motifs is 1. The number of hydrogen-bond donors (Lipinski definition) is 3. The zero-order valence-corrected chi connectivity index (χ0v) is 13.9. The van der Waals surface area contributed by atoms with Crippen LogP contribution in [0.3, 0.4) is 0 Å². The quantitative estimate of drug-likeness (QED) is 0.812. The van der Waals surface area contributed by atoms with E-state index in [1.165, 1.54) is 5.56 Å². The number of rotatable bonds is 3. The van der Waals surface area contributed by atoms with Gasteiger partial charge in [0.25, 0.3) is 0 Å². The molecular weight excluding hydrogens is 304 g/mol. The van der Waals surface area contributed by atoms with Gasteiger partial charge in [0.2, 0.25) is 0 Å². The van der Waals surface area contributed by atoms with Crippen LogP contribution < -0.4 is 15.4 Å². The van der Waals surface area contributed by atoms with E-state index in [-0.39, 0.29) is 12.6 Å². The second-order valence-electron chi connectivity index (χ2n) is 6.23. The number of aryl methyl sites for hydroxylation is 2. The van der Waals surface area contributed by atoms with Crippen LogP contribution in [-0.4, -0.2) is 24.3 Å². The number of anilines is 1. The van der Waals surface area contributed by atoms with Gasteiger partial charge in [-0.05, 0) is 43.2 Å². The molecule has 2 amide bonds. The van der Waals surface area contributed by atoms with Gasteiger partial charge >= 0.3 is 6.03 Å². The smallest absolute Gasteiger partial charge is 0.319 e. The molecule has 24 heavy (non-hydrogen) atoms. The van der Waals surface area contributed by atoms with E-state index in [9.17, 15) is 9.90 Å². The van der Waals surface area contributed by atoms with Crippen LogP contribution in [0.1, 0.15) is 23.1 Å². The van der Waals surface area contributed by atoms with E-state index in [0.717, 1.165) is 11.3 Å². The largest absolute Gasteiger partial charge is 0.493 e. The van der Waals surface area contributed by atoms with E-state index in [2.05, 4.69) is 10.6 Å². The molecule has 1 atom stereocenters. The number of para-hydroxylation sites is 1. The Morgan fingerprint density at radius 2 is 2.00 bits per heavy atom. The molecule has 0 bridgehead atoms. The molecule has 5 heteroatoms. The van der Waals surface area contributed by atoms with Gasteiger partial charge in [0.05, 0.1) is 13.2 Å². The summed E-state index contributed by atoms with van der Waals surface area (Å²) in [7, 11) is 0. The van der Waals surface area contributed by atoms with Crippen molar-refractivity contribution in [3.63, 3.8) is 0 Å². The van der Waals surface area contributed by atoms with Crippen molar-refractivity contribution in [2.75, 3.05) is 18.5 Å². The summed E-state index contributed by atoms with van der Waals surface area (Å²) in [6.07, 6.45) is 0.438. The second kappa shape index (κ2) is 6.53. The van der Waals surface area contributed by atoms with Gasteiger partial charge in [0.1, 0.15) is 11.4 Å². The number of nitrogens with one attached hydrogen (secondary N) is 2. The normalized spacial score (nSPS) is 19.1. The second-order valence-corrected chi connectivity index (χ2v) is 6.23. The van der Waals surface area contributed by atoms with Crippen LogP contribution in [0.4, 0.5) is 10.5 Å². The molecule has 0 saturated carbocycles. The molecule has 0 aromatic heterocycles. The van der Waals surface area contributed by atoms with Crippen LogP contribution in [-0.2, 0) is 5.60 Å². The number of carbonyl (C=O) groups excluding carboxylic acids is 1. The molecule has 0 radical (unpaired) electrons. The van der Waals surface area contributed by atoms with Gasteiger partial charge in [-0.1, -0.05) is 24.3 Å². The fourth-order valence-corrected chi connectivity index (χ4v) is 2.85. The van der Waals surface area contributed by atoms with Crippen molar-refractivity contribution in [3.05, 3.63) is 59.2 Å². The zero-order valence-electron chi connectivity index (χ0n) is 13.9. The topological polar surface area (TPSA) is 70.6 Å². The van der Waals surface area contributed by atoms with Gasteiger partial charge in [0.15, 0.2) is 0 Å². The summed E-state index contributed by atoms with van der Waals surface area (Å²) in [5, 5.41) is 16.5. The lowest BCUT2D eigenvalue weighted by atomic mass is 9.88. The molecule has 2 aromatic rings. The van der Waals surface area contributed by atoms with E-state index in [4.69, 9.17) is 4.74 Å². The first kappa shape index (κ1) is 16.3. The average Bonchev–Trinajstić information content (AvgIpc) is 2.57. The highest BCUT2D eigenvalue weighted by Crippen LogP contribution is 2.36. The maximum absolute atomic E-state index is 12.1. The average molecular weight is 326 g/mol. The molecule has 0 aliphatic carbocycles. The van der Waals surface area contributed by atoms with E-state index in [1.54, 1.807) is 0 Å². The summed E-state index contributed by atoms with van der Waals surface area (Å²) in [6, 6.07) is 12.8. The van der Waals surface area contributed by atoms with E-state index >= 15 is 0 Å². The monoisotopic (exact) mass is 326 g/mol. The number of aliphatic hydroxyl groups is 1. The minimum atomic E-state index is -1.12. The first-order valence-corrected chi connectivity index (χ1v) is 8.05. The van der Waals surface area contributed by atoms with Gasteiger partial charge in [0, 0.05) is 17.7 Å². The van der Waals surface area contributed by atoms with Crippen LogP contribution in [0.15, 0.2) is 42.5 Å². The maximum Gasteiger partial charge on any atom is 0.319 e. The third-order valence-corrected chi connectivity index (χ3v) is 4.47. The van der Waals surface area contributed by atoms with Crippen molar-refractivity contribution < 1.29 is 14.6 Å². The molecule has 2 aromatic carbocycles. The summed E-state index contributed by atoms with van der Waals surface area (Å²) in [6.45, 7) is 4.58. The first-order chi connectivity index (χ1) is 11.5. The van der Waals surface area contributed by atoms with E-state index < -0.39 is 5.60 Å². The van der Waals surface area contributed by atoms with Crippen LogP contribution in [0, 0.1) is 13.8 Å². The van der Waals surface area contributed by atoms with Gasteiger partial charge in [-0.15, -0.1) is 0 Å². The number of benzene rings is 2. The zero-order chi connectivity index (χ0) is 17.2. The molecule has 0 saturated heterocycles. The molecular formula is C19H22N2O3. The summed E-state index contributed by atoms with van der Waals surface area (Å²) in [5.74, 6) is 0.669. The summed E-state index contributed by atoms with van der Waals surface area (Å²) in [4.78, 5) is 12.1. The summed E-state index contributed by atoms with van der Waals surface area (Å²) >= 11 is 0. The number of amides is 2. The van der Waals surface area contributed by atoms with Gasteiger partial charge < -0.3 is 20.5 Å². The molecule has 1 aliphatic heterocycles. The Kier molecular flexibility index (Phi) is 4.44. The van der Waals surface area contributed by atoms with Gasteiger partial charge in [-0.25, -0.2) is 4.79 Å². The molecule has 126 valence electrons. The molecule has 5 nitrogen and oxygen atoms in total. The van der Waals surface area contributed by atoms with Crippen LogP contribution in [0.25, 0.3) is 0 Å². The minimum absolute atomic E-state index is 0.129. The highest BCUT2D eigenvalue weighted by atomic mass is 16.5. The molecule has 0 spiro atoms. The Morgan fingerprint density at radius 1 is 1.21 bits per heavy atom. The highest BCUT2D eigenvalue weighted by Gasteiger charge is 2.35. The Bertz CT molecular complexity index is 760. The Morgan fingerprint density at radius 3 is 2.79 bits per heavy atom. The molecule has 3 N–H and O–H groups in total. The van der Waals surface area contributed by atoms with Crippen molar-refractivity contribution in [3.8, 4) is 5.75 Å². The van der Waals surface area contributed by atoms with Crippen LogP contribution in [0.2, 0.25) is 0 Å². The Balaban J connectivity index is 1.65. The Labute approximate surface area is 141 Å². The van der Waals surface area contributed by atoms with Crippen LogP contribution >= 0.6 is 0 Å². The molecule has 3 rings (SSSR count). The fourth-order valence-electron chi connectivity index (χ4n) is 2.85. The van der Waals surface area contributed by atoms with Crippen molar-refractivity contribution in [2.45, 2.75) is 25.9 Å². The Hall–Kier alpha value is -2.53. The lowest BCUT2D eigenvalue weighted by Crippen LogP contribution is -2.45. The predicted molar refractivity (Wildman–Crippen MR) is 93.4 cm³/mol. The van der Waals surface area contributed by atoms with Crippen molar-refractivity contribution in [1.29, 1.82) is 0 Å². The first-order valence-electron chi connectivity index (χ1n) is 8.05. The fraction of sp³-hybridized carbons (Fsp3) is 0.316. The lowest BCUT2D eigenvalue weighted by molar-refractivity contribution is 0.000398. The van der Waals surface area contributed by atoms with E-state index in [1.807, 2.05) is 56.3 Å². The SMILES string of the molecule is Cc1ccc(NC(=O)NCC2(O)CCOc3ccccc32)cc1C. The van der Waals surface area contributed by atoms with Crippen molar-refractivity contribution in [2.24, 2.45) is 0 Å². The lowest BCUT2D eigenvalue weighted by Gasteiger charge is -2.34. The predicted octanol–water partition coefficient (Wildman–Crippen LogP) is 3.10. The van der Waals surface area contributed by atoms with Crippen molar-refractivity contribution >= 4 is 11.7 Å². The standard InChI is InChI=1S/C19H22N2O3/c1-13-7-8-15(11-14(13)2)21-18(22)20-12-19(23)9-10-24-17-6-4-3-5-16(17)19/h3-8,11,23H,9-10,12H2,1-2H3,(H2,20,21,22). The number of urea groups is 1. The highest BCUT2D eigenvalue weighted by molar-refractivity contribution is 5.89. The third kappa shape index (κ3) is 3.36. The summed E-state index contributed by atoms with van der Waals surface area (Å²) < 4.78 is 5.56. The van der Waals surface area contributed by atoms with Crippen molar-refractivity contribution in [1.82, 2.24) is 5.32 Å². The van der Waals surface area contributed by atoms with Crippen LogP contribution in [0.5, 0.6) is 5.75 Å². The molecule has 1 aliphatic rings. The summed E-state index contributed by atoms with van der Waals surface area (Å²) in [5.41, 5.74) is 2.62. The molecule has 1 heterocycles. The number of ether oxygens (including phenoxy) is 1. The molecule has 0 fully saturated rings. The van der Waals surface area contributed by atoms with Gasteiger partial charge in [-0.2, -0.15) is 0 Å². The third-order valence-electron chi connectivity index (χ3n) is 4.47. The maximum atomic E-state index is 12.1. The van der Waals surface area contributed by atoms with E-state index in [0.29, 0.717) is 24.3 Å². The number of carbonyl (C=O) groups is 1.